The summed E-state index contributed by atoms with van der Waals surface area (Å²) in [6.45, 7) is -0.147. The molecule has 1 rings (SSSR count). The summed E-state index contributed by atoms with van der Waals surface area (Å²) in [6, 6.07) is 5.34. The Hall–Kier alpha value is -0.950. The van der Waals surface area contributed by atoms with Crippen molar-refractivity contribution in [2.75, 3.05) is 0 Å². The summed E-state index contributed by atoms with van der Waals surface area (Å²) < 4.78 is 29.6. The zero-order valence-electron chi connectivity index (χ0n) is 6.84. The summed E-state index contributed by atoms with van der Waals surface area (Å²) in [5, 5.41) is 8.62. The molecule has 0 unspecified atom stereocenters. The lowest BCUT2D eigenvalue weighted by molar-refractivity contribution is 0.281. The molecule has 0 saturated heterocycles. The topological polar surface area (TPSA) is 110 Å². The van der Waals surface area contributed by atoms with Crippen molar-refractivity contribution in [1.82, 2.24) is 6.15 Å². The van der Waals surface area contributed by atoms with E-state index in [9.17, 15) is 8.42 Å². The molecule has 0 aliphatic heterocycles. The Morgan fingerprint density at radius 2 is 1.62 bits per heavy atom. The molecule has 0 heterocycles. The maximum atomic E-state index is 10.5. The standard InChI is InChI=1S/C7H8O4S.H3N/c8-5-6-1-3-7(4-2-6)12(9,10)11;/h1-4,8H,5H2,(H,9,10,11);1H3. The van der Waals surface area contributed by atoms with Gasteiger partial charge in [-0.05, 0) is 17.7 Å². The van der Waals surface area contributed by atoms with Gasteiger partial charge in [-0.15, -0.1) is 0 Å². The van der Waals surface area contributed by atoms with Crippen LogP contribution in [0.5, 0.6) is 0 Å². The highest BCUT2D eigenvalue weighted by molar-refractivity contribution is 7.85. The minimum absolute atomic E-state index is 0. The maximum Gasteiger partial charge on any atom is 0.294 e. The summed E-state index contributed by atoms with van der Waals surface area (Å²) in [4.78, 5) is -0.167. The SMILES string of the molecule is N.O=S(=O)(O)c1ccc(CO)cc1. The average molecular weight is 205 g/mol. The van der Waals surface area contributed by atoms with Gasteiger partial charge in [0, 0.05) is 0 Å². The molecule has 6 heteroatoms. The molecule has 5 nitrogen and oxygen atoms in total. The summed E-state index contributed by atoms with van der Waals surface area (Å²) in [5.41, 5.74) is 0.599. The van der Waals surface area contributed by atoms with E-state index in [1.807, 2.05) is 0 Å². The Morgan fingerprint density at radius 1 is 1.15 bits per heavy atom. The fourth-order valence-corrected chi connectivity index (χ4v) is 1.25. The monoisotopic (exact) mass is 205 g/mol. The molecule has 0 radical (unpaired) electrons. The fraction of sp³-hybridized carbons (Fsp3) is 0.143. The predicted octanol–water partition coefficient (Wildman–Crippen LogP) is 0.588. The van der Waals surface area contributed by atoms with Crippen molar-refractivity contribution in [2.45, 2.75) is 11.5 Å². The molecule has 1 aromatic carbocycles. The molecule has 0 aliphatic rings. The third kappa shape index (κ3) is 3.11. The van der Waals surface area contributed by atoms with E-state index < -0.39 is 10.1 Å². The Morgan fingerprint density at radius 3 is 1.92 bits per heavy atom. The van der Waals surface area contributed by atoms with Crippen LogP contribution in [-0.2, 0) is 16.7 Å². The van der Waals surface area contributed by atoms with Crippen LogP contribution in [0.25, 0.3) is 0 Å². The van der Waals surface area contributed by atoms with Crippen molar-refractivity contribution in [3.63, 3.8) is 0 Å². The van der Waals surface area contributed by atoms with Crippen LogP contribution in [0.4, 0.5) is 0 Å². The van der Waals surface area contributed by atoms with Crippen molar-refractivity contribution in [2.24, 2.45) is 0 Å². The van der Waals surface area contributed by atoms with Crippen LogP contribution in [0.3, 0.4) is 0 Å². The van der Waals surface area contributed by atoms with Crippen molar-refractivity contribution in [3.8, 4) is 0 Å². The molecule has 74 valence electrons. The largest absolute Gasteiger partial charge is 0.392 e. The molecular weight excluding hydrogens is 194 g/mol. The van der Waals surface area contributed by atoms with Gasteiger partial charge in [-0.25, -0.2) is 0 Å². The predicted molar refractivity (Wildman–Crippen MR) is 47.2 cm³/mol. The second kappa shape index (κ2) is 4.33. The summed E-state index contributed by atoms with van der Waals surface area (Å²) >= 11 is 0. The first-order valence-corrected chi connectivity index (χ1v) is 4.65. The zero-order valence-corrected chi connectivity index (χ0v) is 7.66. The average Bonchev–Trinajstić information content (AvgIpc) is 2.03. The van der Waals surface area contributed by atoms with Gasteiger partial charge in [0.25, 0.3) is 10.1 Å². The highest BCUT2D eigenvalue weighted by Gasteiger charge is 2.07. The maximum absolute atomic E-state index is 10.5. The van der Waals surface area contributed by atoms with Gasteiger partial charge in [0.05, 0.1) is 11.5 Å². The van der Waals surface area contributed by atoms with Crippen LogP contribution in [0.2, 0.25) is 0 Å². The molecule has 0 bridgehead atoms. The van der Waals surface area contributed by atoms with Crippen molar-refractivity contribution < 1.29 is 18.1 Å². The van der Waals surface area contributed by atoms with Crippen LogP contribution in [0, 0.1) is 0 Å². The van der Waals surface area contributed by atoms with E-state index in [2.05, 4.69) is 0 Å². The van der Waals surface area contributed by atoms with Crippen LogP contribution in [0.1, 0.15) is 5.56 Å². The van der Waals surface area contributed by atoms with E-state index in [4.69, 9.17) is 9.66 Å². The number of hydrogen-bond donors (Lipinski definition) is 3. The Kier molecular flexibility index (Phi) is 4.02. The Balaban J connectivity index is 0.00000144. The number of rotatable bonds is 2. The van der Waals surface area contributed by atoms with E-state index in [-0.39, 0.29) is 17.7 Å². The van der Waals surface area contributed by atoms with Gasteiger partial charge in [-0.3, -0.25) is 4.55 Å². The van der Waals surface area contributed by atoms with Crippen LogP contribution in [-0.4, -0.2) is 18.1 Å². The third-order valence-electron chi connectivity index (χ3n) is 1.40. The number of benzene rings is 1. The van der Waals surface area contributed by atoms with E-state index >= 15 is 0 Å². The minimum Gasteiger partial charge on any atom is -0.392 e. The van der Waals surface area contributed by atoms with Crippen molar-refractivity contribution >= 4 is 10.1 Å². The fourth-order valence-electron chi connectivity index (χ4n) is 0.767. The molecule has 0 aromatic heterocycles. The summed E-state index contributed by atoms with van der Waals surface area (Å²) in [5.74, 6) is 0. The lowest BCUT2D eigenvalue weighted by atomic mass is 10.2. The first-order chi connectivity index (χ1) is 5.54. The van der Waals surface area contributed by atoms with Crippen LogP contribution < -0.4 is 6.15 Å². The molecule has 0 aliphatic carbocycles. The quantitative estimate of drug-likeness (QED) is 0.612. The van der Waals surface area contributed by atoms with Crippen molar-refractivity contribution in [1.29, 1.82) is 0 Å². The highest BCUT2D eigenvalue weighted by Crippen LogP contribution is 2.09. The smallest absolute Gasteiger partial charge is 0.294 e. The third-order valence-corrected chi connectivity index (χ3v) is 2.27. The van der Waals surface area contributed by atoms with Gasteiger partial charge < -0.3 is 11.3 Å². The lowest BCUT2D eigenvalue weighted by Gasteiger charge is -1.97. The van der Waals surface area contributed by atoms with E-state index in [1.54, 1.807) is 0 Å². The van der Waals surface area contributed by atoms with E-state index in [0.29, 0.717) is 5.56 Å². The van der Waals surface area contributed by atoms with Gasteiger partial charge in [0.2, 0.25) is 0 Å². The van der Waals surface area contributed by atoms with E-state index in [0.717, 1.165) is 0 Å². The van der Waals surface area contributed by atoms with Gasteiger partial charge in [0.15, 0.2) is 0 Å². The van der Waals surface area contributed by atoms with Crippen molar-refractivity contribution in [3.05, 3.63) is 29.8 Å². The molecule has 0 spiro atoms. The summed E-state index contributed by atoms with van der Waals surface area (Å²) in [6.07, 6.45) is 0. The first-order valence-electron chi connectivity index (χ1n) is 3.21. The zero-order chi connectivity index (χ0) is 9.19. The normalized spacial score (nSPS) is 10.6. The molecule has 13 heavy (non-hydrogen) atoms. The molecule has 0 atom stereocenters. The Bertz CT molecular complexity index is 357. The molecule has 1 aromatic rings. The Labute approximate surface area is 76.4 Å². The number of hydrogen-bond acceptors (Lipinski definition) is 4. The molecule has 0 fully saturated rings. The second-order valence-corrected chi connectivity index (χ2v) is 3.70. The first kappa shape index (κ1) is 12.0. The van der Waals surface area contributed by atoms with Gasteiger partial charge in [-0.1, -0.05) is 12.1 Å². The highest BCUT2D eigenvalue weighted by atomic mass is 32.2. The number of aliphatic hydroxyl groups is 1. The van der Waals surface area contributed by atoms with E-state index in [1.165, 1.54) is 24.3 Å². The van der Waals surface area contributed by atoms with Gasteiger partial charge >= 0.3 is 0 Å². The summed E-state index contributed by atoms with van der Waals surface area (Å²) in [7, 11) is -4.11. The molecular formula is C7H11NO4S. The van der Waals surface area contributed by atoms with Crippen LogP contribution in [0.15, 0.2) is 29.2 Å². The van der Waals surface area contributed by atoms with Gasteiger partial charge in [0.1, 0.15) is 0 Å². The second-order valence-electron chi connectivity index (χ2n) is 2.28. The van der Waals surface area contributed by atoms with Gasteiger partial charge in [-0.2, -0.15) is 8.42 Å². The molecule has 5 N–H and O–H groups in total. The number of aliphatic hydroxyl groups excluding tert-OH is 1. The molecule has 0 amide bonds. The lowest BCUT2D eigenvalue weighted by Crippen LogP contribution is -1.97. The van der Waals surface area contributed by atoms with Crippen LogP contribution >= 0.6 is 0 Å². The minimum atomic E-state index is -4.11. The molecule has 0 saturated carbocycles.